The number of carbonyl (C=O) groups is 1. The number of hydrogen-bond donors (Lipinski definition) is 1. The highest BCUT2D eigenvalue weighted by atomic mass is 35.5. The molecule has 2 aliphatic heterocycles. The quantitative estimate of drug-likeness (QED) is 0.768. The van der Waals surface area contributed by atoms with Crippen LogP contribution >= 0.6 is 11.6 Å². The summed E-state index contributed by atoms with van der Waals surface area (Å²) in [5.74, 6) is 0.113. The standard InChI is InChI=1S/C13H15ClN2O/c14-9-5-4-6-10-12(9)16-8-3-1-2-7-11(16)13(17)15-10/h4-6,11H,1-3,7-8H2,(H,15,17). The van der Waals surface area contributed by atoms with Crippen molar-refractivity contribution in [3.05, 3.63) is 23.2 Å². The number of anilines is 2. The van der Waals surface area contributed by atoms with Crippen LogP contribution in [0.2, 0.25) is 5.02 Å². The monoisotopic (exact) mass is 250 g/mol. The number of carbonyl (C=O) groups excluding carboxylic acids is 1. The molecular formula is C13H15ClN2O. The summed E-state index contributed by atoms with van der Waals surface area (Å²) in [5, 5.41) is 3.69. The molecule has 0 aliphatic carbocycles. The van der Waals surface area contributed by atoms with Crippen LogP contribution in [-0.4, -0.2) is 18.5 Å². The van der Waals surface area contributed by atoms with Crippen LogP contribution in [0.25, 0.3) is 0 Å². The summed E-state index contributed by atoms with van der Waals surface area (Å²) in [7, 11) is 0. The highest BCUT2D eigenvalue weighted by molar-refractivity contribution is 6.34. The molecule has 1 aromatic rings. The van der Waals surface area contributed by atoms with Gasteiger partial charge in [0.05, 0.1) is 16.4 Å². The van der Waals surface area contributed by atoms with Crippen LogP contribution in [-0.2, 0) is 4.79 Å². The van der Waals surface area contributed by atoms with Crippen molar-refractivity contribution >= 4 is 28.9 Å². The number of halogens is 1. The van der Waals surface area contributed by atoms with Gasteiger partial charge in [-0.3, -0.25) is 4.79 Å². The molecule has 1 aromatic carbocycles. The van der Waals surface area contributed by atoms with Gasteiger partial charge in [-0.15, -0.1) is 0 Å². The molecule has 1 fully saturated rings. The predicted octanol–water partition coefficient (Wildman–Crippen LogP) is 3.04. The van der Waals surface area contributed by atoms with Crippen molar-refractivity contribution in [2.75, 3.05) is 16.8 Å². The molecule has 17 heavy (non-hydrogen) atoms. The first-order valence-corrected chi connectivity index (χ1v) is 6.51. The maximum atomic E-state index is 12.1. The van der Waals surface area contributed by atoms with Crippen LogP contribution in [0.3, 0.4) is 0 Å². The van der Waals surface area contributed by atoms with Gasteiger partial charge in [0.25, 0.3) is 0 Å². The average Bonchev–Trinajstić information content (AvgIpc) is 2.55. The van der Waals surface area contributed by atoms with Crippen molar-refractivity contribution in [2.24, 2.45) is 0 Å². The molecule has 0 spiro atoms. The molecule has 3 rings (SSSR count). The maximum absolute atomic E-state index is 12.1. The molecule has 3 nitrogen and oxygen atoms in total. The molecule has 1 atom stereocenters. The molecule has 0 aromatic heterocycles. The second kappa shape index (κ2) is 4.22. The fraction of sp³-hybridized carbons (Fsp3) is 0.462. The van der Waals surface area contributed by atoms with Gasteiger partial charge in [-0.2, -0.15) is 0 Å². The SMILES string of the molecule is O=C1Nc2cccc(Cl)c2N2CCCCCC12. The number of amides is 1. The molecule has 1 N–H and O–H groups in total. The largest absolute Gasteiger partial charge is 0.357 e. The van der Waals surface area contributed by atoms with Crippen molar-refractivity contribution in [3.8, 4) is 0 Å². The van der Waals surface area contributed by atoms with Gasteiger partial charge in [-0.25, -0.2) is 0 Å². The van der Waals surface area contributed by atoms with Gasteiger partial charge in [-0.1, -0.05) is 30.5 Å². The smallest absolute Gasteiger partial charge is 0.247 e. The van der Waals surface area contributed by atoms with Crippen LogP contribution < -0.4 is 10.2 Å². The van der Waals surface area contributed by atoms with Gasteiger partial charge < -0.3 is 10.2 Å². The third-order valence-corrected chi connectivity index (χ3v) is 3.89. The number of nitrogens with one attached hydrogen (secondary N) is 1. The molecule has 0 bridgehead atoms. The van der Waals surface area contributed by atoms with E-state index in [-0.39, 0.29) is 11.9 Å². The minimum atomic E-state index is -0.0371. The van der Waals surface area contributed by atoms with E-state index in [1.54, 1.807) is 0 Å². The van der Waals surface area contributed by atoms with E-state index in [9.17, 15) is 4.79 Å². The Kier molecular flexibility index (Phi) is 2.71. The van der Waals surface area contributed by atoms with Gasteiger partial charge in [-0.05, 0) is 25.0 Å². The Bertz CT molecular complexity index is 461. The Hall–Kier alpha value is -1.22. The van der Waals surface area contributed by atoms with Crippen LogP contribution in [0.1, 0.15) is 25.7 Å². The minimum absolute atomic E-state index is 0.0371. The normalized spacial score (nSPS) is 23.5. The highest BCUT2D eigenvalue weighted by Crippen LogP contribution is 2.40. The molecule has 1 saturated heterocycles. The number of para-hydroxylation sites is 1. The Balaban J connectivity index is 2.09. The second-order valence-electron chi connectivity index (χ2n) is 4.68. The molecule has 1 unspecified atom stereocenters. The number of benzene rings is 1. The van der Waals surface area contributed by atoms with E-state index in [2.05, 4.69) is 10.2 Å². The van der Waals surface area contributed by atoms with Crippen molar-refractivity contribution in [3.63, 3.8) is 0 Å². The molecule has 2 aliphatic rings. The van der Waals surface area contributed by atoms with E-state index in [0.29, 0.717) is 0 Å². The van der Waals surface area contributed by atoms with Crippen LogP contribution in [0, 0.1) is 0 Å². The molecule has 0 saturated carbocycles. The van der Waals surface area contributed by atoms with Crippen molar-refractivity contribution in [2.45, 2.75) is 31.7 Å². The van der Waals surface area contributed by atoms with Crippen molar-refractivity contribution in [1.29, 1.82) is 0 Å². The lowest BCUT2D eigenvalue weighted by Crippen LogP contribution is -2.47. The zero-order valence-electron chi connectivity index (χ0n) is 9.58. The van der Waals surface area contributed by atoms with E-state index in [1.165, 1.54) is 6.42 Å². The minimum Gasteiger partial charge on any atom is -0.357 e. The zero-order valence-corrected chi connectivity index (χ0v) is 10.3. The van der Waals surface area contributed by atoms with E-state index in [1.807, 2.05) is 18.2 Å². The Morgan fingerprint density at radius 2 is 2.18 bits per heavy atom. The first-order chi connectivity index (χ1) is 8.27. The van der Waals surface area contributed by atoms with Crippen LogP contribution in [0.5, 0.6) is 0 Å². The summed E-state index contributed by atoms with van der Waals surface area (Å²) in [4.78, 5) is 14.2. The summed E-state index contributed by atoms with van der Waals surface area (Å²) in [6, 6.07) is 5.64. The van der Waals surface area contributed by atoms with Gasteiger partial charge in [0, 0.05) is 6.54 Å². The summed E-state index contributed by atoms with van der Waals surface area (Å²) in [5.41, 5.74) is 1.85. The second-order valence-corrected chi connectivity index (χ2v) is 5.09. The number of fused-ring (bicyclic) bond motifs is 3. The third kappa shape index (κ3) is 1.78. The summed E-state index contributed by atoms with van der Waals surface area (Å²) in [6.45, 7) is 0.925. The van der Waals surface area contributed by atoms with E-state index >= 15 is 0 Å². The Morgan fingerprint density at radius 3 is 3.06 bits per heavy atom. The van der Waals surface area contributed by atoms with Crippen LogP contribution in [0.4, 0.5) is 11.4 Å². The Labute approximate surface area is 106 Å². The number of rotatable bonds is 0. The molecule has 0 radical (unpaired) electrons. The van der Waals surface area contributed by atoms with E-state index in [0.717, 1.165) is 42.2 Å². The molecule has 1 amide bonds. The molecule has 90 valence electrons. The van der Waals surface area contributed by atoms with Gasteiger partial charge in [0.15, 0.2) is 0 Å². The predicted molar refractivity (Wildman–Crippen MR) is 69.7 cm³/mol. The summed E-state index contributed by atoms with van der Waals surface area (Å²) >= 11 is 6.27. The third-order valence-electron chi connectivity index (χ3n) is 3.59. The van der Waals surface area contributed by atoms with Crippen LogP contribution in [0.15, 0.2) is 18.2 Å². The average molecular weight is 251 g/mol. The molecular weight excluding hydrogens is 236 g/mol. The number of nitrogens with zero attached hydrogens (tertiary/aromatic N) is 1. The fourth-order valence-electron chi connectivity index (χ4n) is 2.77. The zero-order chi connectivity index (χ0) is 11.8. The van der Waals surface area contributed by atoms with Crippen molar-refractivity contribution in [1.82, 2.24) is 0 Å². The lowest BCUT2D eigenvalue weighted by Gasteiger charge is -2.37. The lowest BCUT2D eigenvalue weighted by molar-refractivity contribution is -0.117. The summed E-state index contributed by atoms with van der Waals surface area (Å²) < 4.78 is 0. The Morgan fingerprint density at radius 1 is 1.29 bits per heavy atom. The van der Waals surface area contributed by atoms with E-state index < -0.39 is 0 Å². The van der Waals surface area contributed by atoms with Crippen molar-refractivity contribution < 1.29 is 4.79 Å². The lowest BCUT2D eigenvalue weighted by atomic mass is 10.0. The van der Waals surface area contributed by atoms with E-state index in [4.69, 9.17) is 11.6 Å². The maximum Gasteiger partial charge on any atom is 0.247 e. The van der Waals surface area contributed by atoms with Gasteiger partial charge in [0.2, 0.25) is 5.91 Å². The number of hydrogen-bond acceptors (Lipinski definition) is 2. The summed E-state index contributed by atoms with van der Waals surface area (Å²) in [6.07, 6.45) is 4.37. The van der Waals surface area contributed by atoms with Gasteiger partial charge >= 0.3 is 0 Å². The fourth-order valence-corrected chi connectivity index (χ4v) is 3.06. The first kappa shape index (κ1) is 10.9. The molecule has 2 heterocycles. The highest BCUT2D eigenvalue weighted by Gasteiger charge is 2.34. The topological polar surface area (TPSA) is 32.3 Å². The molecule has 4 heteroatoms. The first-order valence-electron chi connectivity index (χ1n) is 6.13. The van der Waals surface area contributed by atoms with Gasteiger partial charge in [0.1, 0.15) is 6.04 Å².